The van der Waals surface area contributed by atoms with E-state index in [1.807, 2.05) is 19.9 Å². The Morgan fingerprint density at radius 2 is 2.00 bits per heavy atom. The van der Waals surface area contributed by atoms with E-state index < -0.39 is 11.3 Å². The van der Waals surface area contributed by atoms with Crippen LogP contribution in [0, 0.1) is 28.6 Å². The molecular weight excluding hydrogens is 366 g/mol. The number of nitrogens with zero attached hydrogens (tertiary/aromatic N) is 2. The molecular formula is C23H31N3O3. The Bertz CT molecular complexity index is 837. The molecule has 2 aliphatic rings. The van der Waals surface area contributed by atoms with Crippen molar-refractivity contribution in [2.45, 2.75) is 53.9 Å². The molecule has 29 heavy (non-hydrogen) atoms. The topological polar surface area (TPSA) is 79.4 Å². The van der Waals surface area contributed by atoms with Gasteiger partial charge in [-0.1, -0.05) is 39.3 Å². The average Bonchev–Trinajstić information content (AvgIpc) is 3.36. The number of rotatable bonds is 7. The van der Waals surface area contributed by atoms with Gasteiger partial charge >= 0.3 is 0 Å². The summed E-state index contributed by atoms with van der Waals surface area (Å²) >= 11 is 0. The van der Waals surface area contributed by atoms with Gasteiger partial charge in [-0.25, -0.2) is 0 Å². The Kier molecular flexibility index (Phi) is 5.65. The second-order valence-electron chi connectivity index (χ2n) is 8.92. The highest BCUT2D eigenvalue weighted by molar-refractivity contribution is 6.08. The van der Waals surface area contributed by atoms with Crippen molar-refractivity contribution in [1.82, 2.24) is 15.4 Å². The fraction of sp³-hybridized carbons (Fsp3) is 0.565. The van der Waals surface area contributed by atoms with Gasteiger partial charge in [0, 0.05) is 12.4 Å². The Morgan fingerprint density at radius 3 is 2.55 bits per heavy atom. The summed E-state index contributed by atoms with van der Waals surface area (Å²) in [5.74, 6) is -1.22. The molecule has 2 heterocycles. The zero-order chi connectivity index (χ0) is 21.4. The first-order chi connectivity index (χ1) is 13.7. The van der Waals surface area contributed by atoms with Gasteiger partial charge in [-0.15, -0.1) is 0 Å². The molecule has 1 aromatic rings. The number of imide groups is 1. The summed E-state index contributed by atoms with van der Waals surface area (Å²) < 4.78 is 0. The number of allylic oxidation sites excluding steroid dienone is 2. The normalized spacial score (nSPS) is 32.7. The summed E-state index contributed by atoms with van der Waals surface area (Å²) in [4.78, 5) is 42.8. The van der Waals surface area contributed by atoms with Crippen molar-refractivity contribution in [2.75, 3.05) is 0 Å². The highest BCUT2D eigenvalue weighted by Crippen LogP contribution is 2.64. The van der Waals surface area contributed by atoms with E-state index in [1.54, 1.807) is 31.5 Å². The molecule has 6 heteroatoms. The molecule has 156 valence electrons. The molecule has 3 unspecified atom stereocenters. The molecule has 0 spiro atoms. The van der Waals surface area contributed by atoms with E-state index in [4.69, 9.17) is 0 Å². The fourth-order valence-electron chi connectivity index (χ4n) is 4.73. The average molecular weight is 398 g/mol. The van der Waals surface area contributed by atoms with Gasteiger partial charge in [0.1, 0.15) is 0 Å². The van der Waals surface area contributed by atoms with Gasteiger partial charge in [-0.05, 0) is 55.2 Å². The second kappa shape index (κ2) is 7.73. The van der Waals surface area contributed by atoms with E-state index >= 15 is 0 Å². The molecule has 1 saturated heterocycles. The Hall–Kier alpha value is -2.50. The summed E-state index contributed by atoms with van der Waals surface area (Å²) in [5.41, 5.74) is 2.66. The van der Waals surface area contributed by atoms with Gasteiger partial charge in [-0.2, -0.15) is 5.01 Å². The van der Waals surface area contributed by atoms with Crippen LogP contribution in [-0.2, 0) is 20.8 Å². The number of pyridine rings is 1. The zero-order valence-corrected chi connectivity index (χ0v) is 17.9. The van der Waals surface area contributed by atoms with Crippen LogP contribution in [0.3, 0.4) is 0 Å². The van der Waals surface area contributed by atoms with E-state index in [0.717, 1.165) is 23.4 Å². The maximum Gasteiger partial charge on any atom is 0.255 e. The van der Waals surface area contributed by atoms with Gasteiger partial charge in [0.25, 0.3) is 11.8 Å². The minimum absolute atomic E-state index is 0.0361. The number of hydrazine groups is 1. The van der Waals surface area contributed by atoms with Crippen molar-refractivity contribution in [3.05, 3.63) is 42.2 Å². The van der Waals surface area contributed by atoms with Crippen LogP contribution in [0.2, 0.25) is 0 Å². The summed E-state index contributed by atoms with van der Waals surface area (Å²) in [7, 11) is 0. The maximum absolute atomic E-state index is 13.4. The molecule has 5 atom stereocenters. The Balaban J connectivity index is 1.81. The number of carbonyl (C=O) groups is 3. The first kappa shape index (κ1) is 21.2. The zero-order valence-electron chi connectivity index (χ0n) is 17.9. The van der Waals surface area contributed by atoms with Crippen LogP contribution in [0.15, 0.2) is 36.7 Å². The van der Waals surface area contributed by atoms with Crippen molar-refractivity contribution in [3.8, 4) is 0 Å². The number of aromatic nitrogens is 1. The first-order valence-corrected chi connectivity index (χ1v) is 10.4. The van der Waals surface area contributed by atoms with Crippen LogP contribution < -0.4 is 5.43 Å². The van der Waals surface area contributed by atoms with Crippen LogP contribution in [0.1, 0.15) is 53.0 Å². The summed E-state index contributed by atoms with van der Waals surface area (Å²) in [6.07, 6.45) is 9.45. The molecule has 1 aromatic heterocycles. The Labute approximate surface area is 172 Å². The van der Waals surface area contributed by atoms with Crippen LogP contribution in [0.5, 0.6) is 0 Å². The number of hydrogen-bond donors (Lipinski definition) is 1. The highest BCUT2D eigenvalue weighted by atomic mass is 16.2. The van der Waals surface area contributed by atoms with Gasteiger partial charge in [0.2, 0.25) is 5.91 Å². The summed E-state index contributed by atoms with van der Waals surface area (Å²) in [6, 6.07) is 3.47. The minimum atomic E-state index is -0.870. The van der Waals surface area contributed by atoms with Crippen LogP contribution in [0.25, 0.3) is 0 Å². The quantitative estimate of drug-likeness (QED) is 0.566. The van der Waals surface area contributed by atoms with E-state index in [0.29, 0.717) is 5.92 Å². The van der Waals surface area contributed by atoms with E-state index in [9.17, 15) is 14.4 Å². The molecule has 1 N–H and O–H groups in total. The van der Waals surface area contributed by atoms with Gasteiger partial charge in [0.05, 0.1) is 17.8 Å². The molecule has 3 rings (SSSR count). The molecule has 1 aliphatic heterocycles. The van der Waals surface area contributed by atoms with Crippen LogP contribution in [-0.4, -0.2) is 27.7 Å². The number of carbonyl (C=O) groups excluding carboxylic acids is 3. The lowest BCUT2D eigenvalue weighted by atomic mass is 9.66. The third kappa shape index (κ3) is 3.61. The fourth-order valence-corrected chi connectivity index (χ4v) is 4.73. The summed E-state index contributed by atoms with van der Waals surface area (Å²) in [6.45, 7) is 10.1. The van der Waals surface area contributed by atoms with E-state index in [2.05, 4.69) is 30.3 Å². The SMILES string of the molecule is C/C=C\C(C1CC1(C)CC)[C@@]1(C)C(=O)N(NC(=O)Cc2ccncc2)C(=O)[C@H]1C. The van der Waals surface area contributed by atoms with Crippen molar-refractivity contribution < 1.29 is 14.4 Å². The largest absolute Gasteiger partial charge is 0.273 e. The summed E-state index contributed by atoms with van der Waals surface area (Å²) in [5, 5.41) is 0.955. The lowest BCUT2D eigenvalue weighted by molar-refractivity contribution is -0.150. The van der Waals surface area contributed by atoms with E-state index in [-0.39, 0.29) is 35.5 Å². The number of nitrogens with one attached hydrogen (secondary N) is 1. The predicted octanol–water partition coefficient (Wildman–Crippen LogP) is 3.30. The lowest BCUT2D eigenvalue weighted by Gasteiger charge is -2.34. The van der Waals surface area contributed by atoms with Gasteiger partial charge in [0.15, 0.2) is 0 Å². The standard InChI is InChI=1S/C23H31N3O3/c1-6-8-17(18-14-22(18,4)7-2)23(5)15(3)20(28)26(21(23)29)25-19(27)13-16-9-11-24-12-10-16/h6,8-12,15,17-18H,7,13-14H2,1-5H3,(H,25,27)/b8-6-/t15-,17?,18?,22?,23+/m1/s1. The van der Waals surface area contributed by atoms with Crippen LogP contribution in [0.4, 0.5) is 0 Å². The number of amides is 3. The lowest BCUT2D eigenvalue weighted by Crippen LogP contribution is -2.49. The smallest absolute Gasteiger partial charge is 0.255 e. The minimum Gasteiger partial charge on any atom is -0.273 e. The molecule has 6 nitrogen and oxygen atoms in total. The first-order valence-electron chi connectivity index (χ1n) is 10.4. The van der Waals surface area contributed by atoms with Crippen molar-refractivity contribution >= 4 is 17.7 Å². The third-order valence-electron chi connectivity index (χ3n) is 7.26. The van der Waals surface area contributed by atoms with Crippen molar-refractivity contribution in [2.24, 2.45) is 28.6 Å². The predicted molar refractivity (Wildman–Crippen MR) is 110 cm³/mol. The molecule has 0 bridgehead atoms. The van der Waals surface area contributed by atoms with Crippen LogP contribution >= 0.6 is 0 Å². The number of hydrogen-bond acceptors (Lipinski definition) is 4. The van der Waals surface area contributed by atoms with Crippen molar-refractivity contribution in [1.29, 1.82) is 0 Å². The van der Waals surface area contributed by atoms with E-state index in [1.165, 1.54) is 0 Å². The molecule has 0 aromatic carbocycles. The van der Waals surface area contributed by atoms with Gasteiger partial charge in [-0.3, -0.25) is 24.8 Å². The molecule has 2 fully saturated rings. The Morgan fingerprint density at radius 1 is 1.34 bits per heavy atom. The van der Waals surface area contributed by atoms with Crippen molar-refractivity contribution in [3.63, 3.8) is 0 Å². The molecule has 3 amide bonds. The molecule has 0 radical (unpaired) electrons. The third-order valence-corrected chi connectivity index (χ3v) is 7.26. The maximum atomic E-state index is 13.4. The van der Waals surface area contributed by atoms with Gasteiger partial charge < -0.3 is 0 Å². The monoisotopic (exact) mass is 397 g/mol. The highest BCUT2D eigenvalue weighted by Gasteiger charge is 2.64. The molecule has 1 aliphatic carbocycles. The second-order valence-corrected chi connectivity index (χ2v) is 8.92. The molecule has 1 saturated carbocycles.